The molecule has 144 valence electrons. The second-order valence-electron chi connectivity index (χ2n) is 6.19. The number of nitrogens with zero attached hydrogens (tertiary/aromatic N) is 3. The summed E-state index contributed by atoms with van der Waals surface area (Å²) < 4.78 is 1.49. The summed E-state index contributed by atoms with van der Waals surface area (Å²) >= 11 is 0. The molecule has 0 amide bonds. The third kappa shape index (κ3) is 3.72. The molecule has 0 spiro atoms. The highest BCUT2D eigenvalue weighted by molar-refractivity contribution is 6.02. The van der Waals surface area contributed by atoms with E-state index >= 15 is 0 Å². The average molecular weight is 386 g/mol. The number of hydrogen-bond acceptors (Lipinski definition) is 6. The molecule has 4 rings (SSSR count). The fourth-order valence-electron chi connectivity index (χ4n) is 2.91. The Morgan fingerprint density at radius 1 is 0.931 bits per heavy atom. The Morgan fingerprint density at radius 3 is 2.34 bits per heavy atom. The molecule has 1 aliphatic rings. The first-order valence-corrected chi connectivity index (χ1v) is 8.80. The van der Waals surface area contributed by atoms with Crippen molar-refractivity contribution in [3.63, 3.8) is 0 Å². The summed E-state index contributed by atoms with van der Waals surface area (Å²) in [6, 6.07) is 16.3. The monoisotopic (exact) mass is 386 g/mol. The zero-order valence-electron chi connectivity index (χ0n) is 15.1. The van der Waals surface area contributed by atoms with Crippen LogP contribution in [0.5, 0.6) is 0 Å². The number of para-hydroxylation sites is 2. The quantitative estimate of drug-likeness (QED) is 0.527. The van der Waals surface area contributed by atoms with Gasteiger partial charge in [-0.3, -0.25) is 10.2 Å². The third-order valence-electron chi connectivity index (χ3n) is 4.32. The fraction of sp³-hybridized carbons (Fsp3) is 0. The summed E-state index contributed by atoms with van der Waals surface area (Å²) in [6.07, 6.45) is 7.69. The number of anilines is 1. The second-order valence-corrected chi connectivity index (χ2v) is 6.19. The van der Waals surface area contributed by atoms with Crippen LogP contribution in [0.15, 0.2) is 95.5 Å². The van der Waals surface area contributed by atoms with Gasteiger partial charge in [0.25, 0.3) is 5.56 Å². The smallest absolute Gasteiger partial charge is 0.267 e. The van der Waals surface area contributed by atoms with Gasteiger partial charge < -0.3 is 15.8 Å². The Kier molecular flexibility index (Phi) is 4.81. The number of fused-ring (bicyclic) bond motifs is 1. The van der Waals surface area contributed by atoms with Crippen molar-refractivity contribution in [2.24, 2.45) is 0 Å². The lowest BCUT2D eigenvalue weighted by Crippen LogP contribution is -2.27. The SMILES string of the molecule is O=c1c2ccccc2nc(NNC=C2C=CC(=[N+]([O-])[O-])C=C2)n1-c1ccccc1. The van der Waals surface area contributed by atoms with Crippen molar-refractivity contribution in [1.82, 2.24) is 15.0 Å². The van der Waals surface area contributed by atoms with E-state index in [0.29, 0.717) is 22.5 Å². The Balaban J connectivity index is 1.68. The fourth-order valence-corrected chi connectivity index (χ4v) is 2.91. The summed E-state index contributed by atoms with van der Waals surface area (Å²) in [4.78, 5) is 17.2. The number of hydrogen-bond donors (Lipinski definition) is 2. The Labute approximate surface area is 165 Å². The van der Waals surface area contributed by atoms with Crippen LogP contribution < -0.4 is 16.4 Å². The molecule has 0 aliphatic heterocycles. The normalized spacial score (nSPS) is 12.8. The lowest BCUT2D eigenvalue weighted by Gasteiger charge is -2.15. The standard InChI is InChI=1S/C21H16N5O3/c27-20-18-8-4-5-9-19(18)23-21(25(20)16-6-2-1-3-7-16)24-22-14-15-10-12-17(13-11-15)26(28)29/h1-14,22H,(H-,23,24,27,28,29)/q-1. The predicted molar refractivity (Wildman–Crippen MR) is 112 cm³/mol. The zero-order valence-corrected chi connectivity index (χ0v) is 15.1. The number of allylic oxidation sites excluding steroid dienone is 5. The van der Waals surface area contributed by atoms with Crippen molar-refractivity contribution < 1.29 is 4.90 Å². The third-order valence-corrected chi connectivity index (χ3v) is 4.32. The van der Waals surface area contributed by atoms with Gasteiger partial charge in [0, 0.05) is 18.4 Å². The molecule has 1 aromatic heterocycles. The average Bonchev–Trinajstić information content (AvgIpc) is 2.75. The van der Waals surface area contributed by atoms with Gasteiger partial charge in [0.1, 0.15) is 0 Å². The molecule has 8 nitrogen and oxygen atoms in total. The van der Waals surface area contributed by atoms with Gasteiger partial charge in [-0.05, 0) is 42.0 Å². The van der Waals surface area contributed by atoms with Crippen LogP contribution in [-0.4, -0.2) is 20.2 Å². The summed E-state index contributed by atoms with van der Waals surface area (Å²) in [7, 11) is 0. The maximum atomic E-state index is 13.1. The molecule has 3 aromatic rings. The van der Waals surface area contributed by atoms with E-state index in [1.165, 1.54) is 16.7 Å². The van der Waals surface area contributed by atoms with E-state index in [2.05, 4.69) is 15.8 Å². The van der Waals surface area contributed by atoms with Crippen LogP contribution in [0.25, 0.3) is 16.6 Å². The molecule has 0 saturated heterocycles. The van der Waals surface area contributed by atoms with E-state index in [0.717, 1.165) is 5.57 Å². The largest absolute Gasteiger partial charge is 0.612 e. The molecule has 0 fully saturated rings. The molecule has 1 aliphatic carbocycles. The van der Waals surface area contributed by atoms with E-state index in [9.17, 15) is 15.2 Å². The molecule has 8 heteroatoms. The minimum absolute atomic E-state index is 0.0178. The minimum Gasteiger partial charge on any atom is -0.612 e. The molecule has 1 heterocycles. The van der Waals surface area contributed by atoms with Gasteiger partial charge in [0.15, 0.2) is 0 Å². The van der Waals surface area contributed by atoms with Gasteiger partial charge in [-0.25, -0.2) is 9.55 Å². The molecule has 29 heavy (non-hydrogen) atoms. The Morgan fingerprint density at radius 2 is 1.62 bits per heavy atom. The maximum Gasteiger partial charge on any atom is 0.267 e. The summed E-state index contributed by atoms with van der Waals surface area (Å²) in [5.41, 5.74) is 7.64. The van der Waals surface area contributed by atoms with E-state index in [1.807, 2.05) is 36.4 Å². The number of hydrazine groups is 1. The van der Waals surface area contributed by atoms with Crippen LogP contribution in [0, 0.1) is 10.4 Å². The van der Waals surface area contributed by atoms with Gasteiger partial charge in [-0.15, -0.1) is 0 Å². The van der Waals surface area contributed by atoms with Gasteiger partial charge >= 0.3 is 0 Å². The first kappa shape index (κ1) is 18.1. The summed E-state index contributed by atoms with van der Waals surface area (Å²) in [5.74, 6) is 0.318. The molecule has 0 unspecified atom stereocenters. The number of benzene rings is 2. The summed E-state index contributed by atoms with van der Waals surface area (Å²) in [5, 5.41) is 22.0. The van der Waals surface area contributed by atoms with Crippen LogP contribution in [-0.2, 0) is 0 Å². The second kappa shape index (κ2) is 7.73. The van der Waals surface area contributed by atoms with Crippen LogP contribution >= 0.6 is 0 Å². The van der Waals surface area contributed by atoms with Crippen LogP contribution in [0.1, 0.15) is 0 Å². The predicted octanol–water partition coefficient (Wildman–Crippen LogP) is 2.76. The highest BCUT2D eigenvalue weighted by atomic mass is 16.8. The van der Waals surface area contributed by atoms with E-state index < -0.39 is 4.90 Å². The highest BCUT2D eigenvalue weighted by Gasteiger charge is 2.12. The van der Waals surface area contributed by atoms with E-state index in [4.69, 9.17) is 0 Å². The first-order valence-electron chi connectivity index (χ1n) is 8.80. The van der Waals surface area contributed by atoms with Crippen molar-refractivity contribution in [2.75, 3.05) is 5.43 Å². The number of rotatable bonds is 4. The highest BCUT2D eigenvalue weighted by Crippen LogP contribution is 2.15. The van der Waals surface area contributed by atoms with E-state index in [1.54, 1.807) is 36.6 Å². The lowest BCUT2D eigenvalue weighted by atomic mass is 10.1. The number of nitrogens with one attached hydrogen (secondary N) is 2. The Bertz CT molecular complexity index is 1220. The topological polar surface area (TPSA) is 108 Å². The van der Waals surface area contributed by atoms with Crippen LogP contribution in [0.3, 0.4) is 0 Å². The van der Waals surface area contributed by atoms with Crippen molar-refractivity contribution in [3.8, 4) is 5.69 Å². The van der Waals surface area contributed by atoms with Gasteiger partial charge in [0.2, 0.25) is 11.7 Å². The molecule has 0 saturated carbocycles. The molecular formula is C21H16N5O3-. The van der Waals surface area contributed by atoms with Crippen molar-refractivity contribution in [3.05, 3.63) is 111 Å². The molecule has 2 aromatic carbocycles. The zero-order chi connectivity index (χ0) is 20.2. The van der Waals surface area contributed by atoms with Gasteiger partial charge in [0.05, 0.1) is 16.6 Å². The van der Waals surface area contributed by atoms with Crippen LogP contribution in [0.2, 0.25) is 0 Å². The van der Waals surface area contributed by atoms with Gasteiger partial charge in [-0.1, -0.05) is 30.3 Å². The molecule has 0 bridgehead atoms. The van der Waals surface area contributed by atoms with Gasteiger partial charge in [-0.2, -0.15) is 4.90 Å². The molecular weight excluding hydrogens is 370 g/mol. The maximum absolute atomic E-state index is 13.1. The van der Waals surface area contributed by atoms with Crippen molar-refractivity contribution in [1.29, 1.82) is 0 Å². The minimum atomic E-state index is -0.451. The molecule has 2 N–H and O–H groups in total. The molecule has 0 radical (unpaired) electrons. The van der Waals surface area contributed by atoms with E-state index in [-0.39, 0.29) is 11.3 Å². The van der Waals surface area contributed by atoms with Crippen molar-refractivity contribution in [2.45, 2.75) is 0 Å². The molecule has 0 atom stereocenters. The first-order chi connectivity index (χ1) is 14.1. The lowest BCUT2D eigenvalue weighted by molar-refractivity contribution is -0.377. The summed E-state index contributed by atoms with van der Waals surface area (Å²) in [6.45, 7) is 0. The Hall–Kier alpha value is -4.33. The number of aromatic nitrogens is 2. The van der Waals surface area contributed by atoms with Crippen LogP contribution in [0.4, 0.5) is 5.95 Å². The van der Waals surface area contributed by atoms with Crippen molar-refractivity contribution >= 4 is 22.6 Å².